The lowest BCUT2D eigenvalue weighted by molar-refractivity contribution is 0.102. The summed E-state index contributed by atoms with van der Waals surface area (Å²) in [6.07, 6.45) is 3.62. The van der Waals surface area contributed by atoms with Gasteiger partial charge in [0.2, 0.25) is 0 Å². The minimum Gasteiger partial charge on any atom is -0.306 e. The van der Waals surface area contributed by atoms with Gasteiger partial charge in [-0.05, 0) is 52.9 Å². The third-order valence-electron chi connectivity index (χ3n) is 2.63. The lowest BCUT2D eigenvalue weighted by Crippen LogP contribution is -2.14. The van der Waals surface area contributed by atoms with Gasteiger partial charge in [-0.15, -0.1) is 11.8 Å². The predicted molar refractivity (Wildman–Crippen MR) is 82.9 cm³/mol. The van der Waals surface area contributed by atoms with Gasteiger partial charge in [-0.25, -0.2) is 4.98 Å². The van der Waals surface area contributed by atoms with E-state index >= 15 is 0 Å². The first-order valence-electron chi connectivity index (χ1n) is 5.68. The number of nitrogens with one attached hydrogen (secondary N) is 1. The van der Waals surface area contributed by atoms with Gasteiger partial charge in [0, 0.05) is 15.6 Å². The van der Waals surface area contributed by atoms with Gasteiger partial charge in [-0.2, -0.15) is 0 Å². The minimum absolute atomic E-state index is 0.136. The molecule has 0 atom stereocenters. The molecule has 1 aromatic heterocycles. The molecule has 0 spiro atoms. The molecule has 2 aromatic rings. The molecule has 0 aliphatic rings. The molecule has 1 N–H and O–H groups in total. The number of hydrogen-bond donors (Lipinski definition) is 1. The van der Waals surface area contributed by atoms with Crippen molar-refractivity contribution in [2.75, 3.05) is 11.6 Å². The molecule has 0 aliphatic heterocycles. The Balaban J connectivity index is 2.26. The largest absolute Gasteiger partial charge is 0.306 e. The van der Waals surface area contributed by atoms with E-state index in [0.29, 0.717) is 11.4 Å². The first kappa shape index (κ1) is 14.1. The van der Waals surface area contributed by atoms with Crippen LogP contribution in [0.25, 0.3) is 0 Å². The number of thioether (sulfide) groups is 1. The third-order valence-corrected chi connectivity index (χ3v) is 3.86. The smallest absolute Gasteiger partial charge is 0.257 e. The Kier molecular flexibility index (Phi) is 4.61. The highest BCUT2D eigenvalue weighted by molar-refractivity contribution is 9.10. The molecule has 5 heteroatoms. The molecule has 1 heterocycles. The van der Waals surface area contributed by atoms with Gasteiger partial charge in [0.05, 0.1) is 5.56 Å². The molecule has 0 unspecified atom stereocenters. The maximum atomic E-state index is 12.3. The highest BCUT2D eigenvalue weighted by atomic mass is 79.9. The van der Waals surface area contributed by atoms with Crippen LogP contribution in [0.15, 0.2) is 45.9 Å². The van der Waals surface area contributed by atoms with Gasteiger partial charge < -0.3 is 5.32 Å². The van der Waals surface area contributed by atoms with Crippen molar-refractivity contribution in [3.63, 3.8) is 0 Å². The molecule has 2 rings (SSSR count). The molecule has 98 valence electrons. The number of pyridine rings is 1. The van der Waals surface area contributed by atoms with E-state index in [1.54, 1.807) is 18.0 Å². The summed E-state index contributed by atoms with van der Waals surface area (Å²) in [5.74, 6) is 0.451. The second-order valence-corrected chi connectivity index (χ2v) is 5.74. The fourth-order valence-electron chi connectivity index (χ4n) is 1.68. The second-order valence-electron chi connectivity index (χ2n) is 3.97. The van der Waals surface area contributed by atoms with Crippen molar-refractivity contribution in [1.29, 1.82) is 0 Å². The number of rotatable bonds is 3. The summed E-state index contributed by atoms with van der Waals surface area (Å²) in [6, 6.07) is 9.45. The van der Waals surface area contributed by atoms with Crippen LogP contribution in [0.4, 0.5) is 5.82 Å². The van der Waals surface area contributed by atoms with Crippen LogP contribution in [0.1, 0.15) is 15.9 Å². The van der Waals surface area contributed by atoms with Crippen LogP contribution >= 0.6 is 27.7 Å². The maximum Gasteiger partial charge on any atom is 0.257 e. The minimum atomic E-state index is -0.136. The first-order chi connectivity index (χ1) is 9.11. The Hall–Kier alpha value is -1.33. The quantitative estimate of drug-likeness (QED) is 0.857. The number of nitrogens with zero attached hydrogens (tertiary/aromatic N) is 1. The molecular formula is C14H13BrN2OS. The molecule has 0 saturated carbocycles. The molecule has 0 radical (unpaired) electrons. The molecule has 0 saturated heterocycles. The van der Waals surface area contributed by atoms with E-state index in [1.807, 2.05) is 43.5 Å². The van der Waals surface area contributed by atoms with Crippen molar-refractivity contribution >= 4 is 39.4 Å². The number of halogens is 1. The molecule has 3 nitrogen and oxygen atoms in total. The van der Waals surface area contributed by atoms with E-state index in [9.17, 15) is 4.79 Å². The number of aryl methyl sites for hydroxylation is 1. The highest BCUT2D eigenvalue weighted by Gasteiger charge is 2.12. The van der Waals surface area contributed by atoms with Gasteiger partial charge in [0.15, 0.2) is 0 Å². The third kappa shape index (κ3) is 3.36. The first-order valence-corrected chi connectivity index (χ1v) is 7.70. The number of carbonyl (C=O) groups is 1. The number of amides is 1. The topological polar surface area (TPSA) is 42.0 Å². The van der Waals surface area contributed by atoms with Crippen LogP contribution in [0.3, 0.4) is 0 Å². The lowest BCUT2D eigenvalue weighted by atomic mass is 10.2. The van der Waals surface area contributed by atoms with Crippen LogP contribution < -0.4 is 5.32 Å². The van der Waals surface area contributed by atoms with Crippen molar-refractivity contribution in [3.05, 3.63) is 52.1 Å². The zero-order valence-electron chi connectivity index (χ0n) is 10.6. The summed E-state index contributed by atoms with van der Waals surface area (Å²) in [5.41, 5.74) is 1.59. The molecule has 0 aliphatic carbocycles. The van der Waals surface area contributed by atoms with E-state index in [-0.39, 0.29) is 5.91 Å². The SMILES string of the molecule is CSc1ccccc1C(=O)Nc1ncc(Br)cc1C. The van der Waals surface area contributed by atoms with Crippen LogP contribution in [0.5, 0.6) is 0 Å². The molecule has 0 bridgehead atoms. The van der Waals surface area contributed by atoms with Crippen LogP contribution in [-0.4, -0.2) is 17.1 Å². The molecular weight excluding hydrogens is 324 g/mol. The average molecular weight is 337 g/mol. The maximum absolute atomic E-state index is 12.3. The van der Waals surface area contributed by atoms with Gasteiger partial charge in [-0.1, -0.05) is 12.1 Å². The standard InChI is InChI=1S/C14H13BrN2OS/c1-9-7-10(15)8-16-13(9)17-14(18)11-5-3-4-6-12(11)19-2/h3-8H,1-2H3,(H,16,17,18). The molecule has 1 amide bonds. The number of anilines is 1. The van der Waals surface area contributed by atoms with Crippen molar-refractivity contribution in [1.82, 2.24) is 4.98 Å². The van der Waals surface area contributed by atoms with E-state index < -0.39 is 0 Å². The van der Waals surface area contributed by atoms with Crippen LogP contribution in [-0.2, 0) is 0 Å². The van der Waals surface area contributed by atoms with Gasteiger partial charge >= 0.3 is 0 Å². The van der Waals surface area contributed by atoms with Crippen LogP contribution in [0, 0.1) is 6.92 Å². The summed E-state index contributed by atoms with van der Waals surface area (Å²) < 4.78 is 0.896. The Labute approximate surface area is 125 Å². The summed E-state index contributed by atoms with van der Waals surface area (Å²) in [4.78, 5) is 17.4. The monoisotopic (exact) mass is 336 g/mol. The summed E-state index contributed by atoms with van der Waals surface area (Å²) in [6.45, 7) is 1.91. The number of carbonyl (C=O) groups excluding carboxylic acids is 1. The van der Waals surface area contributed by atoms with Gasteiger partial charge in [0.25, 0.3) is 5.91 Å². The fourth-order valence-corrected chi connectivity index (χ4v) is 2.72. The van der Waals surface area contributed by atoms with Gasteiger partial charge in [0.1, 0.15) is 5.82 Å². The molecule has 19 heavy (non-hydrogen) atoms. The lowest BCUT2D eigenvalue weighted by Gasteiger charge is -2.09. The molecule has 1 aromatic carbocycles. The summed E-state index contributed by atoms with van der Waals surface area (Å²) in [7, 11) is 0. The summed E-state index contributed by atoms with van der Waals surface area (Å²) in [5, 5.41) is 2.84. The number of aromatic nitrogens is 1. The number of benzene rings is 1. The Morgan fingerprint density at radius 1 is 1.37 bits per heavy atom. The average Bonchev–Trinajstić information content (AvgIpc) is 2.41. The van der Waals surface area contributed by atoms with Gasteiger partial charge in [-0.3, -0.25) is 4.79 Å². The fraction of sp³-hybridized carbons (Fsp3) is 0.143. The zero-order chi connectivity index (χ0) is 13.8. The van der Waals surface area contributed by atoms with E-state index in [1.165, 1.54) is 0 Å². The Morgan fingerprint density at radius 2 is 2.11 bits per heavy atom. The summed E-state index contributed by atoms with van der Waals surface area (Å²) >= 11 is 4.90. The highest BCUT2D eigenvalue weighted by Crippen LogP contribution is 2.22. The van der Waals surface area contributed by atoms with E-state index in [2.05, 4.69) is 26.2 Å². The van der Waals surface area contributed by atoms with Crippen molar-refractivity contribution in [2.24, 2.45) is 0 Å². The zero-order valence-corrected chi connectivity index (χ0v) is 13.0. The van der Waals surface area contributed by atoms with E-state index in [4.69, 9.17) is 0 Å². The second kappa shape index (κ2) is 6.21. The predicted octanol–water partition coefficient (Wildman–Crippen LogP) is 4.13. The molecule has 0 fully saturated rings. The van der Waals surface area contributed by atoms with Crippen LogP contribution in [0.2, 0.25) is 0 Å². The van der Waals surface area contributed by atoms with Crippen molar-refractivity contribution < 1.29 is 4.79 Å². The van der Waals surface area contributed by atoms with Crippen molar-refractivity contribution in [2.45, 2.75) is 11.8 Å². The van der Waals surface area contributed by atoms with Crippen molar-refractivity contribution in [3.8, 4) is 0 Å². The Bertz CT molecular complexity index is 616. The Morgan fingerprint density at radius 3 is 2.79 bits per heavy atom. The van der Waals surface area contributed by atoms with E-state index in [0.717, 1.165) is 14.9 Å². The normalized spacial score (nSPS) is 10.3. The number of hydrogen-bond acceptors (Lipinski definition) is 3.